The van der Waals surface area contributed by atoms with Crippen LogP contribution in [0.1, 0.15) is 19.4 Å². The molecule has 0 radical (unpaired) electrons. The fourth-order valence-corrected chi connectivity index (χ4v) is 1.79. The Labute approximate surface area is 111 Å². The molecule has 1 amide bonds. The van der Waals surface area contributed by atoms with Crippen molar-refractivity contribution in [2.75, 3.05) is 23.7 Å². The molecule has 0 aliphatic heterocycles. The van der Waals surface area contributed by atoms with E-state index < -0.39 is 0 Å². The van der Waals surface area contributed by atoms with Crippen LogP contribution in [-0.4, -0.2) is 29.2 Å². The van der Waals surface area contributed by atoms with Crippen molar-refractivity contribution in [3.05, 3.63) is 29.8 Å². The highest BCUT2D eigenvalue weighted by Crippen LogP contribution is 2.17. The van der Waals surface area contributed by atoms with Gasteiger partial charge in [0, 0.05) is 12.2 Å². The van der Waals surface area contributed by atoms with Crippen molar-refractivity contribution in [3.63, 3.8) is 0 Å². The van der Waals surface area contributed by atoms with Gasteiger partial charge in [-0.15, -0.1) is 0 Å². The summed E-state index contributed by atoms with van der Waals surface area (Å²) in [5, 5.41) is 3.23. The minimum Gasteiger partial charge on any atom is -0.325 e. The van der Waals surface area contributed by atoms with Gasteiger partial charge < -0.3 is 5.32 Å². The number of hydrogen-bond acceptors (Lipinski definition) is 2. The lowest BCUT2D eigenvalue weighted by Gasteiger charge is -2.20. The van der Waals surface area contributed by atoms with Crippen molar-refractivity contribution in [2.45, 2.75) is 20.4 Å². The van der Waals surface area contributed by atoms with E-state index >= 15 is 0 Å². The highest BCUT2D eigenvalue weighted by Gasteiger charge is 2.07. The third kappa shape index (κ3) is 4.48. The molecular formula is C13H19BrN2O. The Hall–Kier alpha value is -0.870. The molecule has 0 aromatic heterocycles. The molecule has 0 heterocycles. The van der Waals surface area contributed by atoms with Gasteiger partial charge in [0.15, 0.2) is 0 Å². The Kier molecular flexibility index (Phi) is 6.22. The molecule has 0 aliphatic carbocycles. The Balaban J connectivity index is 2.80. The van der Waals surface area contributed by atoms with Gasteiger partial charge in [-0.05, 0) is 24.7 Å². The molecule has 0 saturated carbocycles. The van der Waals surface area contributed by atoms with E-state index in [2.05, 4.69) is 46.1 Å². The first-order valence-corrected chi connectivity index (χ1v) is 6.99. The summed E-state index contributed by atoms with van der Waals surface area (Å²) in [5.41, 5.74) is 2.06. The van der Waals surface area contributed by atoms with Crippen molar-refractivity contribution in [1.82, 2.24) is 4.90 Å². The highest BCUT2D eigenvalue weighted by molar-refractivity contribution is 9.09. The summed E-state index contributed by atoms with van der Waals surface area (Å²) in [6, 6.07) is 7.94. The Bertz CT molecular complexity index is 364. The van der Waals surface area contributed by atoms with E-state index in [1.54, 1.807) is 0 Å². The predicted molar refractivity (Wildman–Crippen MR) is 75.5 cm³/mol. The number of nitrogens with one attached hydrogen (secondary N) is 1. The summed E-state index contributed by atoms with van der Waals surface area (Å²) >= 11 is 3.15. The number of rotatable bonds is 6. The van der Waals surface area contributed by atoms with Gasteiger partial charge in [0.05, 0.1) is 5.33 Å². The van der Waals surface area contributed by atoms with E-state index in [-0.39, 0.29) is 5.91 Å². The number of para-hydroxylation sites is 1. The third-order valence-corrected chi connectivity index (χ3v) is 3.21. The number of alkyl halides is 1. The number of hydrogen-bond donors (Lipinski definition) is 1. The summed E-state index contributed by atoms with van der Waals surface area (Å²) in [6.45, 7) is 7.17. The maximum atomic E-state index is 11.4. The number of carbonyl (C=O) groups is 1. The molecule has 0 bridgehead atoms. The van der Waals surface area contributed by atoms with E-state index in [9.17, 15) is 4.79 Å². The van der Waals surface area contributed by atoms with Crippen molar-refractivity contribution in [1.29, 1.82) is 0 Å². The number of anilines is 1. The van der Waals surface area contributed by atoms with Crippen LogP contribution in [0.4, 0.5) is 5.69 Å². The first-order valence-electron chi connectivity index (χ1n) is 5.87. The molecule has 0 spiro atoms. The maximum Gasteiger partial charge on any atom is 0.235 e. The second-order valence-electron chi connectivity index (χ2n) is 3.80. The third-order valence-electron chi connectivity index (χ3n) is 2.70. The minimum absolute atomic E-state index is 0.0167. The first kappa shape index (κ1) is 14.2. The van der Waals surface area contributed by atoms with Crippen LogP contribution in [0.2, 0.25) is 0 Å². The smallest absolute Gasteiger partial charge is 0.235 e. The molecule has 1 rings (SSSR count). The summed E-state index contributed by atoms with van der Waals surface area (Å²) in [5.74, 6) is -0.0167. The molecular weight excluding hydrogens is 280 g/mol. The number of carbonyl (C=O) groups excluding carboxylic acids is 1. The molecule has 0 aliphatic rings. The van der Waals surface area contributed by atoms with E-state index in [0.29, 0.717) is 5.33 Å². The molecule has 94 valence electrons. The van der Waals surface area contributed by atoms with Crippen LogP contribution in [0, 0.1) is 0 Å². The van der Waals surface area contributed by atoms with Crippen LogP contribution in [0.15, 0.2) is 24.3 Å². The van der Waals surface area contributed by atoms with E-state index in [1.807, 2.05) is 18.2 Å². The van der Waals surface area contributed by atoms with Crippen LogP contribution in [0.3, 0.4) is 0 Å². The van der Waals surface area contributed by atoms with Gasteiger partial charge in [0.2, 0.25) is 5.91 Å². The van der Waals surface area contributed by atoms with Crippen molar-refractivity contribution < 1.29 is 4.79 Å². The van der Waals surface area contributed by atoms with Gasteiger partial charge in [0.25, 0.3) is 0 Å². The average Bonchev–Trinajstić information content (AvgIpc) is 2.37. The van der Waals surface area contributed by atoms with Gasteiger partial charge >= 0.3 is 0 Å². The zero-order valence-corrected chi connectivity index (χ0v) is 12.0. The maximum absolute atomic E-state index is 11.4. The van der Waals surface area contributed by atoms with Crippen molar-refractivity contribution in [2.24, 2.45) is 0 Å². The fourth-order valence-electron chi connectivity index (χ4n) is 1.65. The topological polar surface area (TPSA) is 32.3 Å². The normalized spacial score (nSPS) is 10.6. The Morgan fingerprint density at radius 1 is 1.29 bits per heavy atom. The van der Waals surface area contributed by atoms with Gasteiger partial charge in [-0.25, -0.2) is 0 Å². The summed E-state index contributed by atoms with van der Waals surface area (Å²) in [6.07, 6.45) is 0. The number of halogens is 1. The van der Waals surface area contributed by atoms with Crippen molar-refractivity contribution in [3.8, 4) is 0 Å². The van der Waals surface area contributed by atoms with Crippen molar-refractivity contribution >= 4 is 27.5 Å². The molecule has 0 saturated heterocycles. The number of benzene rings is 1. The minimum atomic E-state index is -0.0167. The van der Waals surface area contributed by atoms with Gasteiger partial charge in [-0.3, -0.25) is 9.69 Å². The summed E-state index contributed by atoms with van der Waals surface area (Å²) < 4.78 is 0. The highest BCUT2D eigenvalue weighted by atomic mass is 79.9. The second-order valence-corrected chi connectivity index (χ2v) is 4.36. The fraction of sp³-hybridized carbons (Fsp3) is 0.462. The molecule has 1 aromatic rings. The summed E-state index contributed by atoms with van der Waals surface area (Å²) in [7, 11) is 0. The van der Waals surface area contributed by atoms with E-state index in [1.165, 1.54) is 0 Å². The zero-order chi connectivity index (χ0) is 12.7. The Morgan fingerprint density at radius 3 is 2.53 bits per heavy atom. The standard InChI is InChI=1S/C13H19BrN2O/c1-3-16(4-2)10-11-7-5-6-8-12(11)15-13(17)9-14/h5-8H,3-4,9-10H2,1-2H3,(H,15,17). The molecule has 0 fully saturated rings. The lowest BCUT2D eigenvalue weighted by Crippen LogP contribution is -2.23. The van der Waals surface area contributed by atoms with Gasteiger partial charge in [-0.2, -0.15) is 0 Å². The lowest BCUT2D eigenvalue weighted by molar-refractivity contribution is -0.113. The number of amides is 1. The van der Waals surface area contributed by atoms with Crippen LogP contribution in [0.25, 0.3) is 0 Å². The molecule has 0 unspecified atom stereocenters. The van der Waals surface area contributed by atoms with Gasteiger partial charge in [-0.1, -0.05) is 48.0 Å². The SMILES string of the molecule is CCN(CC)Cc1ccccc1NC(=O)CBr. The molecule has 3 nitrogen and oxygen atoms in total. The quantitative estimate of drug-likeness (QED) is 0.819. The van der Waals surface area contributed by atoms with Gasteiger partial charge in [0.1, 0.15) is 0 Å². The molecule has 4 heteroatoms. The molecule has 1 N–H and O–H groups in total. The monoisotopic (exact) mass is 298 g/mol. The molecule has 17 heavy (non-hydrogen) atoms. The first-order chi connectivity index (χ1) is 8.21. The van der Waals surface area contributed by atoms with Crippen LogP contribution < -0.4 is 5.32 Å². The van der Waals surface area contributed by atoms with E-state index in [4.69, 9.17) is 0 Å². The molecule has 0 atom stereocenters. The Morgan fingerprint density at radius 2 is 1.94 bits per heavy atom. The average molecular weight is 299 g/mol. The summed E-state index contributed by atoms with van der Waals surface area (Å²) in [4.78, 5) is 13.7. The van der Waals surface area contributed by atoms with Crippen LogP contribution >= 0.6 is 15.9 Å². The number of nitrogens with zero attached hydrogens (tertiary/aromatic N) is 1. The predicted octanol–water partition coefficient (Wildman–Crippen LogP) is 2.86. The lowest BCUT2D eigenvalue weighted by atomic mass is 10.1. The second kappa shape index (κ2) is 7.45. The van der Waals surface area contributed by atoms with Crippen LogP contribution in [0.5, 0.6) is 0 Å². The molecule has 1 aromatic carbocycles. The largest absolute Gasteiger partial charge is 0.325 e. The van der Waals surface area contributed by atoms with E-state index in [0.717, 1.165) is 30.9 Å². The zero-order valence-electron chi connectivity index (χ0n) is 10.4. The van der Waals surface area contributed by atoms with Crippen LogP contribution in [-0.2, 0) is 11.3 Å².